The minimum Gasteiger partial charge on any atom is -0.612 e. The summed E-state index contributed by atoms with van der Waals surface area (Å²) in [5.74, 6) is 0.759. The first-order valence-corrected chi connectivity index (χ1v) is 8.86. The van der Waals surface area contributed by atoms with Crippen molar-refractivity contribution in [3.8, 4) is 0 Å². The Morgan fingerprint density at radius 2 is 1.81 bits per heavy atom. The number of hydrazine groups is 1. The lowest BCUT2D eigenvalue weighted by Crippen LogP contribution is -2.34. The predicted octanol–water partition coefficient (Wildman–Crippen LogP) is 1.97. The number of amidine groups is 1. The molecule has 2 heterocycles. The third-order valence-corrected chi connectivity index (χ3v) is 5.30. The topological polar surface area (TPSA) is 92.0 Å². The first-order chi connectivity index (χ1) is 12.5. The Hall–Kier alpha value is -2.91. The summed E-state index contributed by atoms with van der Waals surface area (Å²) in [6, 6.07) is 8.37. The molecular formula is C17H17N6O2S-. The van der Waals surface area contributed by atoms with Crippen LogP contribution in [0.25, 0.3) is 0 Å². The number of thioether (sulfide) groups is 1. The van der Waals surface area contributed by atoms with E-state index in [1.807, 2.05) is 19.1 Å². The summed E-state index contributed by atoms with van der Waals surface area (Å²) in [6.45, 7) is 0. The van der Waals surface area contributed by atoms with E-state index in [1.54, 1.807) is 23.9 Å². The zero-order chi connectivity index (χ0) is 18.3. The summed E-state index contributed by atoms with van der Waals surface area (Å²) in [4.78, 5) is 1.65. The van der Waals surface area contributed by atoms with Crippen LogP contribution in [0, 0.1) is 10.4 Å². The van der Waals surface area contributed by atoms with Crippen molar-refractivity contribution in [3.63, 3.8) is 0 Å². The van der Waals surface area contributed by atoms with Crippen LogP contribution < -0.4 is 15.8 Å². The van der Waals surface area contributed by atoms with Crippen LogP contribution in [-0.4, -0.2) is 34.9 Å². The van der Waals surface area contributed by atoms with Crippen LogP contribution in [0.2, 0.25) is 0 Å². The molecular weight excluding hydrogens is 352 g/mol. The summed E-state index contributed by atoms with van der Waals surface area (Å²) in [5.41, 5.74) is 9.60. The molecule has 9 heteroatoms. The lowest BCUT2D eigenvalue weighted by atomic mass is 10.1. The maximum absolute atomic E-state index is 10.8. The number of hydrazone groups is 1. The molecule has 0 spiro atoms. The number of anilines is 1. The molecule has 1 saturated heterocycles. The predicted molar refractivity (Wildman–Crippen MR) is 104 cm³/mol. The smallest absolute Gasteiger partial charge is 0.222 e. The van der Waals surface area contributed by atoms with Crippen molar-refractivity contribution in [1.82, 2.24) is 15.9 Å². The molecule has 4 rings (SSSR count). The lowest BCUT2D eigenvalue weighted by molar-refractivity contribution is -0.377. The van der Waals surface area contributed by atoms with Gasteiger partial charge in [0.2, 0.25) is 10.9 Å². The fraction of sp³-hybridized carbons (Fsp3) is 0.176. The highest BCUT2D eigenvalue weighted by Crippen LogP contribution is 2.38. The van der Waals surface area contributed by atoms with Crippen LogP contribution in [0.5, 0.6) is 0 Å². The number of benzene rings is 1. The highest BCUT2D eigenvalue weighted by Gasteiger charge is 2.36. The van der Waals surface area contributed by atoms with Gasteiger partial charge >= 0.3 is 0 Å². The molecule has 26 heavy (non-hydrogen) atoms. The first-order valence-electron chi connectivity index (χ1n) is 7.98. The maximum atomic E-state index is 10.8. The van der Waals surface area contributed by atoms with Gasteiger partial charge in [-0.15, -0.1) is 5.10 Å². The quantitative estimate of drug-likeness (QED) is 0.608. The molecule has 0 aromatic heterocycles. The summed E-state index contributed by atoms with van der Waals surface area (Å²) >= 11 is 1.61. The van der Waals surface area contributed by atoms with E-state index in [9.17, 15) is 10.4 Å². The molecule has 0 radical (unpaired) electrons. The fourth-order valence-electron chi connectivity index (χ4n) is 2.77. The number of allylic oxidation sites excluding steroid dienone is 5. The molecule has 1 atom stereocenters. The van der Waals surface area contributed by atoms with Gasteiger partial charge in [0.15, 0.2) is 5.82 Å². The highest BCUT2D eigenvalue weighted by atomic mass is 32.2. The van der Waals surface area contributed by atoms with Gasteiger partial charge < -0.3 is 15.3 Å². The maximum Gasteiger partial charge on any atom is 0.222 e. The van der Waals surface area contributed by atoms with Gasteiger partial charge in [-0.1, -0.05) is 23.9 Å². The largest absolute Gasteiger partial charge is 0.612 e. The van der Waals surface area contributed by atoms with E-state index in [4.69, 9.17) is 0 Å². The number of hydrogen-bond acceptors (Lipinski definition) is 8. The van der Waals surface area contributed by atoms with Gasteiger partial charge in [-0.05, 0) is 29.8 Å². The Morgan fingerprint density at radius 1 is 1.12 bits per heavy atom. The Labute approximate surface area is 155 Å². The van der Waals surface area contributed by atoms with Crippen molar-refractivity contribution in [3.05, 3.63) is 75.9 Å². The molecule has 134 valence electrons. The third kappa shape index (κ3) is 2.91. The molecule has 0 bridgehead atoms. The van der Waals surface area contributed by atoms with Crippen molar-refractivity contribution in [2.24, 2.45) is 5.10 Å². The van der Waals surface area contributed by atoms with Crippen molar-refractivity contribution in [2.75, 3.05) is 19.0 Å². The van der Waals surface area contributed by atoms with E-state index < -0.39 is 4.90 Å². The van der Waals surface area contributed by atoms with E-state index in [0.29, 0.717) is 0 Å². The average molecular weight is 369 g/mol. The van der Waals surface area contributed by atoms with Gasteiger partial charge in [0.25, 0.3) is 0 Å². The molecule has 1 aromatic rings. The summed E-state index contributed by atoms with van der Waals surface area (Å²) in [7, 11) is 4.03. The summed E-state index contributed by atoms with van der Waals surface area (Å²) < 4.78 is 0. The van der Waals surface area contributed by atoms with Crippen molar-refractivity contribution in [2.45, 2.75) is 5.37 Å². The van der Waals surface area contributed by atoms with Gasteiger partial charge in [0.1, 0.15) is 5.37 Å². The zero-order valence-electron chi connectivity index (χ0n) is 14.2. The van der Waals surface area contributed by atoms with E-state index in [1.165, 1.54) is 12.2 Å². The Bertz CT molecular complexity index is 863. The molecule has 2 aliphatic heterocycles. The number of fused-ring (bicyclic) bond motifs is 1. The first kappa shape index (κ1) is 16.6. The fourth-order valence-corrected chi connectivity index (χ4v) is 3.78. The minimum absolute atomic E-state index is 0.0557. The van der Waals surface area contributed by atoms with Gasteiger partial charge in [-0.25, -0.2) is 10.4 Å². The average Bonchev–Trinajstić information content (AvgIpc) is 3.22. The molecule has 1 aromatic carbocycles. The third-order valence-electron chi connectivity index (χ3n) is 4.21. The second-order valence-electron chi connectivity index (χ2n) is 6.11. The Morgan fingerprint density at radius 3 is 2.42 bits per heavy atom. The molecule has 1 aliphatic carbocycles. The molecule has 1 fully saturated rings. The van der Waals surface area contributed by atoms with Gasteiger partial charge in [-0.3, -0.25) is 5.43 Å². The number of hydrogen-bond donors (Lipinski definition) is 2. The van der Waals surface area contributed by atoms with E-state index >= 15 is 0 Å². The normalized spacial score (nSPS) is 21.0. The zero-order valence-corrected chi connectivity index (χ0v) is 15.0. The molecule has 2 N–H and O–H groups in total. The minimum atomic E-state index is -0.407. The standard InChI is InChI=1S/C17H17N6O2S/c1-21(2)13-7-5-12(6-8-13)16-20-22-15(18-19-17(22)26-16)11-3-9-14(10-4-11)23(24)25/h3-10,16,18,20H,1-2H3/q-1/t16-/m1/s1. The summed E-state index contributed by atoms with van der Waals surface area (Å²) in [6.07, 6.45) is 6.40. The van der Waals surface area contributed by atoms with Crippen LogP contribution in [0.4, 0.5) is 5.69 Å². The molecule has 0 saturated carbocycles. The van der Waals surface area contributed by atoms with Crippen LogP contribution in [-0.2, 0) is 0 Å². The summed E-state index contributed by atoms with van der Waals surface area (Å²) in [5, 5.41) is 28.7. The molecule has 0 unspecified atom stereocenters. The Balaban J connectivity index is 1.54. The van der Waals surface area contributed by atoms with E-state index in [2.05, 4.69) is 45.1 Å². The Kier molecular flexibility index (Phi) is 4.09. The van der Waals surface area contributed by atoms with Crippen molar-refractivity contribution >= 4 is 28.3 Å². The number of rotatable bonds is 2. The van der Waals surface area contributed by atoms with Crippen molar-refractivity contribution in [1.29, 1.82) is 0 Å². The SMILES string of the molecule is CN(C)c1ccc([C@@H]2NN3C(=NNC3=C3C=CC(=[N+]([O-])[O-])C=C3)S2)cc1. The van der Waals surface area contributed by atoms with Crippen LogP contribution >= 0.6 is 11.8 Å². The second-order valence-corrected chi connectivity index (χ2v) is 7.18. The van der Waals surface area contributed by atoms with E-state index in [-0.39, 0.29) is 11.1 Å². The monoisotopic (exact) mass is 369 g/mol. The van der Waals surface area contributed by atoms with E-state index in [0.717, 1.165) is 27.8 Å². The second kappa shape index (κ2) is 6.43. The molecule has 0 amide bonds. The number of nitrogens with one attached hydrogen (secondary N) is 2. The number of nitrogens with zero attached hydrogens (tertiary/aromatic N) is 4. The lowest BCUT2D eigenvalue weighted by Gasteiger charge is -2.19. The van der Waals surface area contributed by atoms with Crippen molar-refractivity contribution < 1.29 is 4.90 Å². The van der Waals surface area contributed by atoms with Gasteiger partial charge in [-0.2, -0.15) is 4.90 Å². The van der Waals surface area contributed by atoms with Crippen LogP contribution in [0.3, 0.4) is 0 Å². The highest BCUT2D eigenvalue weighted by molar-refractivity contribution is 8.14. The van der Waals surface area contributed by atoms with Gasteiger partial charge in [0, 0.05) is 37.5 Å². The van der Waals surface area contributed by atoms with Crippen LogP contribution in [0.1, 0.15) is 10.9 Å². The van der Waals surface area contributed by atoms with Crippen LogP contribution in [0.15, 0.2) is 65.1 Å². The molecule has 8 nitrogen and oxygen atoms in total. The van der Waals surface area contributed by atoms with Gasteiger partial charge in [0.05, 0.1) is 0 Å². The molecule has 3 aliphatic rings.